The summed E-state index contributed by atoms with van der Waals surface area (Å²) in [7, 11) is 2.16. The van der Waals surface area contributed by atoms with Crippen LogP contribution in [0.4, 0.5) is 5.69 Å². The van der Waals surface area contributed by atoms with Crippen LogP contribution in [0, 0.1) is 18.8 Å². The Bertz CT molecular complexity index is 1640. The SMILES string of the molecule is Cc1c(C(=O)NNC2CC3CCC(C2)C3c2ccc(C(=O)NCc3ccc(N4CCN(C)CC4)cc3)cn2)ccc2ccoc12. The predicted octanol–water partition coefficient (Wildman–Crippen LogP) is 5.02. The van der Waals surface area contributed by atoms with Gasteiger partial charge in [-0.3, -0.25) is 20.0 Å². The number of likely N-dealkylation sites (N-methyl/N-ethyl adjacent to an activating group) is 1. The zero-order chi connectivity index (χ0) is 30.9. The van der Waals surface area contributed by atoms with Crippen LogP contribution in [0.25, 0.3) is 11.0 Å². The first-order valence-electron chi connectivity index (χ1n) is 16.2. The number of benzene rings is 2. The highest BCUT2D eigenvalue weighted by molar-refractivity contribution is 5.99. The Balaban J connectivity index is 0.903. The Morgan fingerprint density at radius 1 is 0.911 bits per heavy atom. The molecule has 0 spiro atoms. The van der Waals surface area contributed by atoms with Crippen molar-refractivity contribution >= 4 is 28.5 Å². The molecule has 3 fully saturated rings. The molecule has 3 heterocycles. The van der Waals surface area contributed by atoms with Crippen LogP contribution in [0.1, 0.15) is 69.1 Å². The summed E-state index contributed by atoms with van der Waals surface area (Å²) in [6.45, 7) is 6.64. The fourth-order valence-corrected chi connectivity index (χ4v) is 7.70. The summed E-state index contributed by atoms with van der Waals surface area (Å²) >= 11 is 0. The second-order valence-electron chi connectivity index (χ2n) is 13.1. The molecule has 9 nitrogen and oxygen atoms in total. The van der Waals surface area contributed by atoms with Gasteiger partial charge in [0.25, 0.3) is 11.8 Å². The molecule has 0 radical (unpaired) electrons. The highest BCUT2D eigenvalue weighted by Gasteiger charge is 2.44. The van der Waals surface area contributed by atoms with Crippen molar-refractivity contribution < 1.29 is 14.0 Å². The summed E-state index contributed by atoms with van der Waals surface area (Å²) in [6.07, 6.45) is 7.66. The van der Waals surface area contributed by atoms with Crippen LogP contribution in [0.2, 0.25) is 0 Å². The van der Waals surface area contributed by atoms with Crippen molar-refractivity contribution in [3.05, 3.63) is 95.0 Å². The number of carbonyl (C=O) groups excluding carboxylic acids is 2. The van der Waals surface area contributed by atoms with E-state index in [9.17, 15) is 9.59 Å². The number of pyridine rings is 1. The number of hydrogen-bond acceptors (Lipinski definition) is 7. The fourth-order valence-electron chi connectivity index (χ4n) is 7.70. The summed E-state index contributed by atoms with van der Waals surface area (Å²) in [5, 5.41) is 4.05. The number of furan rings is 1. The van der Waals surface area contributed by atoms with Gasteiger partial charge in [0.05, 0.1) is 11.8 Å². The van der Waals surface area contributed by atoms with Gasteiger partial charge in [0.15, 0.2) is 0 Å². The Kier molecular flexibility index (Phi) is 8.29. The first-order chi connectivity index (χ1) is 21.9. The molecule has 45 heavy (non-hydrogen) atoms. The lowest BCUT2D eigenvalue weighted by molar-refractivity contribution is 0.0908. The summed E-state index contributed by atoms with van der Waals surface area (Å²) in [5.74, 6) is 1.14. The number of anilines is 1. The predicted molar refractivity (Wildman–Crippen MR) is 175 cm³/mol. The molecule has 2 saturated carbocycles. The molecule has 2 amide bonds. The van der Waals surface area contributed by atoms with E-state index in [4.69, 9.17) is 9.40 Å². The maximum Gasteiger partial charge on any atom is 0.265 e. The Morgan fingerprint density at radius 3 is 2.38 bits per heavy atom. The Morgan fingerprint density at radius 2 is 1.67 bits per heavy atom. The number of aryl methyl sites for hydroxylation is 1. The van der Waals surface area contributed by atoms with Crippen molar-refractivity contribution in [2.75, 3.05) is 38.1 Å². The third kappa shape index (κ3) is 6.19. The highest BCUT2D eigenvalue weighted by atomic mass is 16.3. The molecular weight excluding hydrogens is 564 g/mol. The molecule has 7 rings (SSSR count). The van der Waals surface area contributed by atoms with E-state index in [1.807, 2.05) is 37.3 Å². The van der Waals surface area contributed by atoms with E-state index in [0.717, 1.165) is 79.7 Å². The first-order valence-corrected chi connectivity index (χ1v) is 16.2. The van der Waals surface area contributed by atoms with Crippen molar-refractivity contribution in [3.63, 3.8) is 0 Å². The summed E-state index contributed by atoms with van der Waals surface area (Å²) in [5.41, 5.74) is 12.5. The van der Waals surface area contributed by atoms with E-state index in [1.165, 1.54) is 5.69 Å². The minimum absolute atomic E-state index is 0.106. The van der Waals surface area contributed by atoms with E-state index >= 15 is 0 Å². The van der Waals surface area contributed by atoms with Crippen molar-refractivity contribution in [1.82, 2.24) is 26.1 Å². The summed E-state index contributed by atoms with van der Waals surface area (Å²) < 4.78 is 5.57. The summed E-state index contributed by atoms with van der Waals surface area (Å²) in [4.78, 5) is 35.4. The van der Waals surface area contributed by atoms with Crippen LogP contribution in [0.5, 0.6) is 0 Å². The molecule has 2 atom stereocenters. The molecule has 2 aliphatic carbocycles. The molecule has 2 bridgehead atoms. The van der Waals surface area contributed by atoms with E-state index < -0.39 is 0 Å². The van der Waals surface area contributed by atoms with Crippen LogP contribution in [0.15, 0.2) is 71.5 Å². The number of hydrogen-bond donors (Lipinski definition) is 3. The maximum atomic E-state index is 13.0. The third-order valence-corrected chi connectivity index (χ3v) is 10.3. The average molecular weight is 607 g/mol. The second kappa shape index (κ2) is 12.7. The lowest BCUT2D eigenvalue weighted by Gasteiger charge is -2.35. The summed E-state index contributed by atoms with van der Waals surface area (Å²) in [6, 6.07) is 18.4. The van der Waals surface area contributed by atoms with Gasteiger partial charge in [0.2, 0.25) is 0 Å². The average Bonchev–Trinajstić information content (AvgIpc) is 3.66. The number of amides is 2. The van der Waals surface area contributed by atoms with Gasteiger partial charge in [-0.15, -0.1) is 0 Å². The van der Waals surface area contributed by atoms with Gasteiger partial charge in [0.1, 0.15) is 5.58 Å². The molecule has 2 unspecified atom stereocenters. The quantitative estimate of drug-likeness (QED) is 0.242. The second-order valence-corrected chi connectivity index (χ2v) is 13.1. The number of rotatable bonds is 8. The van der Waals surface area contributed by atoms with Crippen LogP contribution in [-0.4, -0.2) is 61.0 Å². The van der Waals surface area contributed by atoms with Crippen molar-refractivity contribution in [2.45, 2.75) is 51.1 Å². The first kappa shape index (κ1) is 29.5. The fraction of sp³-hybridized carbons (Fsp3) is 0.417. The minimum Gasteiger partial charge on any atom is -0.464 e. The lowest BCUT2D eigenvalue weighted by atomic mass is 9.74. The molecule has 4 aromatic rings. The molecule has 3 N–H and O–H groups in total. The van der Waals surface area contributed by atoms with Gasteiger partial charge in [-0.25, -0.2) is 5.43 Å². The Labute approximate surface area is 264 Å². The van der Waals surface area contributed by atoms with Gasteiger partial charge in [-0.1, -0.05) is 18.2 Å². The van der Waals surface area contributed by atoms with Crippen LogP contribution in [-0.2, 0) is 6.54 Å². The number of nitrogens with one attached hydrogen (secondary N) is 3. The smallest absolute Gasteiger partial charge is 0.265 e. The van der Waals surface area contributed by atoms with Crippen molar-refractivity contribution in [1.29, 1.82) is 0 Å². The largest absolute Gasteiger partial charge is 0.464 e. The van der Waals surface area contributed by atoms with Crippen LogP contribution < -0.4 is 21.1 Å². The van der Waals surface area contributed by atoms with Gasteiger partial charge < -0.3 is 19.5 Å². The molecular formula is C36H42N6O3. The molecule has 3 aliphatic rings. The number of fused-ring (bicyclic) bond motifs is 3. The molecule has 9 heteroatoms. The minimum atomic E-state index is -0.140. The number of hydrazine groups is 1. The monoisotopic (exact) mass is 606 g/mol. The molecule has 2 aromatic heterocycles. The van der Waals surface area contributed by atoms with Gasteiger partial charge >= 0.3 is 0 Å². The van der Waals surface area contributed by atoms with Crippen molar-refractivity contribution in [3.8, 4) is 0 Å². The zero-order valence-electron chi connectivity index (χ0n) is 26.1. The highest BCUT2D eigenvalue weighted by Crippen LogP contribution is 2.51. The number of carbonyl (C=O) groups is 2. The number of nitrogens with zero attached hydrogens (tertiary/aromatic N) is 3. The zero-order valence-corrected chi connectivity index (χ0v) is 26.1. The molecule has 234 valence electrons. The normalized spacial score (nSPS) is 23.3. The number of piperazine rings is 1. The standard InChI is InChI=1S/C36H42N6O3/c1-23-31(11-7-25-13-18-45-34(23)25)36(44)40-39-29-19-26-5-6-27(20-29)33(26)32-12-8-28(22-37-32)35(43)38-21-24-3-9-30(10-4-24)42-16-14-41(2)15-17-42/h3-4,7-13,18,22,26-27,29,33,39H,5-6,14-17,19-21H2,1-2H3,(H,38,43)(H,40,44). The number of aromatic nitrogens is 1. The van der Waals surface area contributed by atoms with E-state index in [0.29, 0.717) is 35.4 Å². The van der Waals surface area contributed by atoms with Gasteiger partial charge in [0, 0.05) is 78.8 Å². The Hall–Kier alpha value is -4.21. The lowest BCUT2D eigenvalue weighted by Crippen LogP contribution is -2.47. The molecule has 1 aliphatic heterocycles. The third-order valence-electron chi connectivity index (χ3n) is 10.3. The van der Waals surface area contributed by atoms with E-state index in [-0.39, 0.29) is 17.9 Å². The van der Waals surface area contributed by atoms with E-state index in [1.54, 1.807) is 12.5 Å². The maximum absolute atomic E-state index is 13.0. The van der Waals surface area contributed by atoms with Gasteiger partial charge in [-0.2, -0.15) is 0 Å². The molecule has 2 aromatic carbocycles. The van der Waals surface area contributed by atoms with Gasteiger partial charge in [-0.05, 0) is 93.5 Å². The topological polar surface area (TPSA) is 103 Å². The van der Waals surface area contributed by atoms with Crippen molar-refractivity contribution in [2.24, 2.45) is 11.8 Å². The van der Waals surface area contributed by atoms with Crippen LogP contribution in [0.3, 0.4) is 0 Å². The molecule has 1 saturated heterocycles. The van der Waals surface area contributed by atoms with Crippen LogP contribution >= 0.6 is 0 Å². The van der Waals surface area contributed by atoms with E-state index in [2.05, 4.69) is 57.3 Å².